The van der Waals surface area contributed by atoms with Gasteiger partial charge in [-0.2, -0.15) is 0 Å². The lowest BCUT2D eigenvalue weighted by Crippen LogP contribution is -2.44. The minimum Gasteiger partial charge on any atom is -0.465 e. The quantitative estimate of drug-likeness (QED) is 0.389. The summed E-state index contributed by atoms with van der Waals surface area (Å²) < 4.78 is 4.79. The average molecular weight is 472 g/mol. The third-order valence-corrected chi connectivity index (χ3v) is 7.62. The zero-order valence-corrected chi connectivity index (χ0v) is 20.9. The van der Waals surface area contributed by atoms with E-state index in [4.69, 9.17) is 4.74 Å². The first kappa shape index (κ1) is 25.2. The van der Waals surface area contributed by atoms with E-state index < -0.39 is 5.60 Å². The number of aliphatic hydroxyl groups is 1. The van der Waals surface area contributed by atoms with Crippen LogP contribution < -0.4 is 0 Å². The van der Waals surface area contributed by atoms with Crippen molar-refractivity contribution in [2.45, 2.75) is 44.1 Å². The van der Waals surface area contributed by atoms with Crippen LogP contribution >= 0.6 is 0 Å². The number of hydrogen-bond acceptors (Lipinski definition) is 4. The van der Waals surface area contributed by atoms with E-state index in [1.807, 2.05) is 60.7 Å². The van der Waals surface area contributed by atoms with E-state index in [1.165, 1.54) is 12.7 Å². The fourth-order valence-corrected chi connectivity index (χ4v) is 5.45. The van der Waals surface area contributed by atoms with Crippen LogP contribution in [0.15, 0.2) is 84.9 Å². The molecule has 0 amide bonds. The number of carbonyl (C=O) groups excluding carboxylic acids is 1. The lowest BCUT2D eigenvalue weighted by molar-refractivity contribution is -0.0143. The van der Waals surface area contributed by atoms with Crippen LogP contribution in [0, 0.1) is 5.92 Å². The van der Waals surface area contributed by atoms with E-state index in [2.05, 4.69) is 36.1 Å². The molecule has 1 heterocycles. The molecular weight excluding hydrogens is 434 g/mol. The van der Waals surface area contributed by atoms with E-state index in [9.17, 15) is 9.90 Å². The fourth-order valence-electron chi connectivity index (χ4n) is 5.45. The van der Waals surface area contributed by atoms with Gasteiger partial charge in [0, 0.05) is 0 Å². The molecule has 4 heteroatoms. The van der Waals surface area contributed by atoms with Crippen molar-refractivity contribution < 1.29 is 14.6 Å². The Morgan fingerprint density at radius 1 is 0.943 bits per heavy atom. The van der Waals surface area contributed by atoms with Crippen LogP contribution in [0.3, 0.4) is 0 Å². The number of ether oxygens (including phenoxy) is 1. The normalized spacial score (nSPS) is 16.1. The highest BCUT2D eigenvalue weighted by Crippen LogP contribution is 2.42. The summed E-state index contributed by atoms with van der Waals surface area (Å²) in [4.78, 5) is 14.2. The van der Waals surface area contributed by atoms with Crippen molar-refractivity contribution in [1.29, 1.82) is 0 Å². The highest BCUT2D eigenvalue weighted by atomic mass is 16.5. The van der Waals surface area contributed by atoms with E-state index in [1.54, 1.807) is 0 Å². The fraction of sp³-hybridized carbons (Fsp3) is 0.387. The molecule has 35 heavy (non-hydrogen) atoms. The molecule has 1 unspecified atom stereocenters. The number of likely N-dealkylation sites (tertiary alicyclic amines) is 1. The molecule has 4 nitrogen and oxygen atoms in total. The van der Waals surface area contributed by atoms with Crippen molar-refractivity contribution in [1.82, 2.24) is 4.90 Å². The lowest BCUT2D eigenvalue weighted by Gasteiger charge is -2.42. The van der Waals surface area contributed by atoms with Crippen molar-refractivity contribution in [3.63, 3.8) is 0 Å². The number of esters is 1. The van der Waals surface area contributed by atoms with Crippen LogP contribution in [0.1, 0.15) is 65.6 Å². The van der Waals surface area contributed by atoms with Crippen LogP contribution in [0.25, 0.3) is 0 Å². The largest absolute Gasteiger partial charge is 0.465 e. The Morgan fingerprint density at radius 3 is 2.00 bits per heavy atom. The van der Waals surface area contributed by atoms with Gasteiger partial charge in [-0.25, -0.2) is 4.79 Å². The Balaban J connectivity index is 1.31. The highest BCUT2D eigenvalue weighted by Gasteiger charge is 2.41. The summed E-state index contributed by atoms with van der Waals surface area (Å²) in [6, 6.07) is 28.1. The number of piperidine rings is 1. The Hall–Kier alpha value is -2.95. The second kappa shape index (κ2) is 11.7. The summed E-state index contributed by atoms with van der Waals surface area (Å²) in [7, 11) is 1.41. The number of methoxy groups -OCH3 is 1. The first-order valence-electron chi connectivity index (χ1n) is 12.8. The van der Waals surface area contributed by atoms with Crippen LogP contribution in [0.4, 0.5) is 0 Å². The van der Waals surface area contributed by atoms with Crippen molar-refractivity contribution in [3.05, 3.63) is 107 Å². The molecule has 1 atom stereocenters. The standard InChI is InChI=1S/C31H37NO3/c1-24(25-15-17-26(18-16-25)30(33)35-2)10-9-21-32-22-19-29(20-23-32)31(34,27-11-5-3-6-12-27)28-13-7-4-8-14-28/h3-8,11-18,24,29,34H,9-10,19-23H2,1-2H3. The first-order chi connectivity index (χ1) is 17.0. The molecule has 1 saturated heterocycles. The molecule has 1 fully saturated rings. The molecule has 0 bridgehead atoms. The Bertz CT molecular complexity index is 1020. The van der Waals surface area contributed by atoms with Crippen LogP contribution in [-0.2, 0) is 10.3 Å². The van der Waals surface area contributed by atoms with Crippen molar-refractivity contribution in [2.24, 2.45) is 5.92 Å². The third-order valence-electron chi connectivity index (χ3n) is 7.62. The monoisotopic (exact) mass is 471 g/mol. The van der Waals surface area contributed by atoms with Crippen molar-refractivity contribution in [3.8, 4) is 0 Å². The zero-order chi connectivity index (χ0) is 24.7. The molecule has 184 valence electrons. The van der Waals surface area contributed by atoms with Gasteiger partial charge in [-0.1, -0.05) is 79.7 Å². The number of rotatable bonds is 9. The van der Waals surface area contributed by atoms with E-state index in [0.717, 1.165) is 56.4 Å². The van der Waals surface area contributed by atoms with Gasteiger partial charge >= 0.3 is 5.97 Å². The van der Waals surface area contributed by atoms with E-state index >= 15 is 0 Å². The Labute approximate surface area is 209 Å². The molecule has 0 aliphatic carbocycles. The van der Waals surface area contributed by atoms with E-state index in [0.29, 0.717) is 11.5 Å². The summed E-state index contributed by atoms with van der Waals surface area (Å²) in [6.45, 7) is 5.34. The summed E-state index contributed by atoms with van der Waals surface area (Å²) in [6.07, 6.45) is 4.19. The molecular formula is C31H37NO3. The van der Waals surface area contributed by atoms with E-state index in [-0.39, 0.29) is 11.9 Å². The van der Waals surface area contributed by atoms with Gasteiger partial charge in [0.1, 0.15) is 5.60 Å². The molecule has 3 aromatic rings. The van der Waals surface area contributed by atoms with Crippen LogP contribution in [-0.4, -0.2) is 42.7 Å². The third kappa shape index (κ3) is 5.83. The van der Waals surface area contributed by atoms with Gasteiger partial charge in [0.05, 0.1) is 12.7 Å². The molecule has 0 aromatic heterocycles. The predicted octanol–water partition coefficient (Wildman–Crippen LogP) is 6.01. The van der Waals surface area contributed by atoms with Crippen LogP contribution in [0.5, 0.6) is 0 Å². The Kier molecular flexibility index (Phi) is 8.37. The first-order valence-corrected chi connectivity index (χ1v) is 12.8. The van der Waals surface area contributed by atoms with Crippen molar-refractivity contribution >= 4 is 5.97 Å². The predicted molar refractivity (Wildman–Crippen MR) is 140 cm³/mol. The summed E-state index contributed by atoms with van der Waals surface area (Å²) >= 11 is 0. The maximum Gasteiger partial charge on any atom is 0.337 e. The smallest absolute Gasteiger partial charge is 0.337 e. The highest BCUT2D eigenvalue weighted by molar-refractivity contribution is 5.89. The summed E-state index contributed by atoms with van der Waals surface area (Å²) in [5.41, 5.74) is 2.86. The zero-order valence-electron chi connectivity index (χ0n) is 20.9. The lowest BCUT2D eigenvalue weighted by atomic mass is 9.72. The SMILES string of the molecule is COC(=O)c1ccc(C(C)CCCN2CCC(C(O)(c3ccccc3)c3ccccc3)CC2)cc1. The number of nitrogens with zero attached hydrogens (tertiary/aromatic N) is 1. The summed E-state index contributed by atoms with van der Waals surface area (Å²) in [5, 5.41) is 12.1. The van der Waals surface area contributed by atoms with Crippen molar-refractivity contribution in [2.75, 3.05) is 26.7 Å². The van der Waals surface area contributed by atoms with Gasteiger partial charge in [-0.05, 0) is 86.0 Å². The molecule has 0 radical (unpaired) electrons. The number of hydrogen-bond donors (Lipinski definition) is 1. The number of benzene rings is 3. The molecule has 0 spiro atoms. The minimum atomic E-state index is -0.959. The Morgan fingerprint density at radius 2 is 1.49 bits per heavy atom. The molecule has 0 saturated carbocycles. The van der Waals surface area contributed by atoms with Gasteiger partial charge in [0.25, 0.3) is 0 Å². The maximum absolute atomic E-state index is 12.1. The van der Waals surface area contributed by atoms with Gasteiger partial charge in [-0.3, -0.25) is 0 Å². The summed E-state index contributed by atoms with van der Waals surface area (Å²) in [5.74, 6) is 0.343. The topological polar surface area (TPSA) is 49.8 Å². The molecule has 4 rings (SSSR count). The average Bonchev–Trinajstić information content (AvgIpc) is 2.93. The number of carbonyl (C=O) groups is 1. The van der Waals surface area contributed by atoms with Gasteiger partial charge in [-0.15, -0.1) is 0 Å². The molecule has 1 aliphatic heterocycles. The second-order valence-corrected chi connectivity index (χ2v) is 9.77. The minimum absolute atomic E-state index is 0.191. The van der Waals surface area contributed by atoms with Gasteiger partial charge in [0.2, 0.25) is 0 Å². The molecule has 1 N–H and O–H groups in total. The van der Waals surface area contributed by atoms with Crippen LogP contribution in [0.2, 0.25) is 0 Å². The maximum atomic E-state index is 12.1. The molecule has 1 aliphatic rings. The van der Waals surface area contributed by atoms with Gasteiger partial charge < -0.3 is 14.7 Å². The second-order valence-electron chi connectivity index (χ2n) is 9.77. The molecule has 3 aromatic carbocycles. The van der Waals surface area contributed by atoms with Gasteiger partial charge in [0.15, 0.2) is 0 Å².